The Balaban J connectivity index is 1.51. The first-order chi connectivity index (χ1) is 12.0. The van der Waals surface area contributed by atoms with Crippen molar-refractivity contribution < 1.29 is 14.1 Å². The lowest BCUT2D eigenvalue weighted by atomic mass is 10.1. The van der Waals surface area contributed by atoms with Crippen molar-refractivity contribution in [2.24, 2.45) is 5.92 Å². The highest BCUT2D eigenvalue weighted by Crippen LogP contribution is 2.50. The number of morpholine rings is 1. The highest BCUT2D eigenvalue weighted by Gasteiger charge is 2.48. The predicted octanol–water partition coefficient (Wildman–Crippen LogP) is 3.39. The lowest BCUT2D eigenvalue weighted by molar-refractivity contribution is -0.142. The van der Waals surface area contributed by atoms with Crippen LogP contribution < -0.4 is 0 Å². The second-order valence-corrected chi connectivity index (χ2v) is 7.24. The van der Waals surface area contributed by atoms with Gasteiger partial charge in [-0.1, -0.05) is 34.4 Å². The van der Waals surface area contributed by atoms with Crippen molar-refractivity contribution in [3.8, 4) is 0 Å². The van der Waals surface area contributed by atoms with Gasteiger partial charge in [0.05, 0.1) is 23.3 Å². The fourth-order valence-electron chi connectivity index (χ4n) is 3.31. The number of carbonyl (C=O) groups is 1. The van der Waals surface area contributed by atoms with Crippen molar-refractivity contribution in [3.05, 3.63) is 45.5 Å². The number of aryl methyl sites for hydroxylation is 1. The molecule has 1 aliphatic heterocycles. The van der Waals surface area contributed by atoms with E-state index in [0.29, 0.717) is 41.5 Å². The molecule has 2 aromatic rings. The van der Waals surface area contributed by atoms with Gasteiger partial charge in [0.25, 0.3) is 5.89 Å². The lowest BCUT2D eigenvalue weighted by Gasteiger charge is -2.33. The molecule has 1 aromatic heterocycles. The number of amides is 1. The van der Waals surface area contributed by atoms with E-state index in [1.165, 1.54) is 0 Å². The maximum absolute atomic E-state index is 13.0. The molecule has 3 atom stereocenters. The average Bonchev–Trinajstić information content (AvgIpc) is 3.30. The van der Waals surface area contributed by atoms with Gasteiger partial charge < -0.3 is 14.2 Å². The van der Waals surface area contributed by atoms with E-state index in [1.807, 2.05) is 12.1 Å². The van der Waals surface area contributed by atoms with Gasteiger partial charge in [-0.15, -0.1) is 0 Å². The van der Waals surface area contributed by atoms with Gasteiger partial charge in [-0.3, -0.25) is 4.79 Å². The Kier molecular flexibility index (Phi) is 4.43. The van der Waals surface area contributed by atoms with Crippen molar-refractivity contribution in [1.29, 1.82) is 0 Å². The third kappa shape index (κ3) is 3.26. The molecule has 1 amide bonds. The van der Waals surface area contributed by atoms with Crippen LogP contribution in [-0.2, 0) is 9.53 Å². The first-order valence-corrected chi connectivity index (χ1v) is 8.93. The summed E-state index contributed by atoms with van der Waals surface area (Å²) in [6.07, 6.45) is 0.809. The third-order valence-corrected chi connectivity index (χ3v) is 5.46. The van der Waals surface area contributed by atoms with E-state index in [4.69, 9.17) is 32.5 Å². The van der Waals surface area contributed by atoms with Crippen molar-refractivity contribution in [2.75, 3.05) is 19.8 Å². The summed E-state index contributed by atoms with van der Waals surface area (Å²) in [6, 6.07) is 5.24. The molecule has 1 saturated heterocycles. The van der Waals surface area contributed by atoms with Crippen LogP contribution in [0.1, 0.15) is 35.7 Å². The minimum atomic E-state index is -0.322. The number of hydrogen-bond acceptors (Lipinski definition) is 5. The molecular formula is C17H17Cl2N3O3. The van der Waals surface area contributed by atoms with Gasteiger partial charge in [-0.2, -0.15) is 4.98 Å². The summed E-state index contributed by atoms with van der Waals surface area (Å²) in [7, 11) is 0. The summed E-state index contributed by atoms with van der Waals surface area (Å²) >= 11 is 12.1. The summed E-state index contributed by atoms with van der Waals surface area (Å²) in [5.41, 5.74) is 1.05. The Morgan fingerprint density at radius 3 is 2.88 bits per heavy atom. The van der Waals surface area contributed by atoms with Gasteiger partial charge in [0.2, 0.25) is 5.91 Å². The fourth-order valence-corrected chi connectivity index (χ4v) is 3.62. The summed E-state index contributed by atoms with van der Waals surface area (Å²) in [5, 5.41) is 4.86. The largest absolute Gasteiger partial charge is 0.377 e. The zero-order valence-corrected chi connectivity index (χ0v) is 15.1. The molecule has 6 nitrogen and oxygen atoms in total. The van der Waals surface area contributed by atoms with Crippen molar-refractivity contribution >= 4 is 29.1 Å². The maximum atomic E-state index is 13.0. The minimum Gasteiger partial charge on any atom is -0.377 e. The highest BCUT2D eigenvalue weighted by atomic mass is 35.5. The van der Waals surface area contributed by atoms with E-state index in [-0.39, 0.29) is 23.8 Å². The highest BCUT2D eigenvalue weighted by molar-refractivity contribution is 6.42. The molecular weight excluding hydrogens is 365 g/mol. The average molecular weight is 382 g/mol. The van der Waals surface area contributed by atoms with Crippen LogP contribution in [0.15, 0.2) is 22.7 Å². The zero-order chi connectivity index (χ0) is 17.6. The van der Waals surface area contributed by atoms with Gasteiger partial charge in [0.15, 0.2) is 5.82 Å². The SMILES string of the molecule is Cc1noc([C@@H]2COCCN2C(=O)[C@@H]2C[C@@H]2c2ccc(Cl)c(Cl)c2)n1. The molecule has 25 heavy (non-hydrogen) atoms. The van der Waals surface area contributed by atoms with Crippen LogP contribution in [0, 0.1) is 12.8 Å². The van der Waals surface area contributed by atoms with Crippen LogP contribution in [0.25, 0.3) is 0 Å². The van der Waals surface area contributed by atoms with Crippen LogP contribution in [-0.4, -0.2) is 40.7 Å². The Labute approximate surface area is 155 Å². The molecule has 1 saturated carbocycles. The first kappa shape index (κ1) is 16.8. The van der Waals surface area contributed by atoms with Gasteiger partial charge in [-0.25, -0.2) is 0 Å². The topological polar surface area (TPSA) is 68.5 Å². The number of rotatable bonds is 3. The van der Waals surface area contributed by atoms with Crippen molar-refractivity contribution in [3.63, 3.8) is 0 Å². The number of aromatic nitrogens is 2. The smallest absolute Gasteiger partial charge is 0.251 e. The summed E-state index contributed by atoms with van der Waals surface area (Å²) in [4.78, 5) is 19.1. The van der Waals surface area contributed by atoms with Crippen LogP contribution in [0.2, 0.25) is 10.0 Å². The molecule has 2 heterocycles. The standard InChI is InChI=1S/C17H17Cl2N3O3/c1-9-20-16(25-21-9)15-8-24-5-4-22(15)17(23)12-7-11(12)10-2-3-13(18)14(19)6-10/h2-3,6,11-12,15H,4-5,7-8H2,1H3/t11-,12-,15+/m1/s1. The molecule has 2 aliphatic rings. The lowest BCUT2D eigenvalue weighted by Crippen LogP contribution is -2.44. The van der Waals surface area contributed by atoms with E-state index in [0.717, 1.165) is 12.0 Å². The molecule has 1 aliphatic carbocycles. The molecule has 1 aromatic carbocycles. The number of halogens is 2. The molecule has 0 radical (unpaired) electrons. The molecule has 0 bridgehead atoms. The van der Waals surface area contributed by atoms with E-state index < -0.39 is 0 Å². The van der Waals surface area contributed by atoms with Crippen LogP contribution >= 0.6 is 23.2 Å². The van der Waals surface area contributed by atoms with E-state index in [1.54, 1.807) is 17.9 Å². The zero-order valence-electron chi connectivity index (χ0n) is 13.6. The monoisotopic (exact) mass is 381 g/mol. The van der Waals surface area contributed by atoms with E-state index in [9.17, 15) is 4.79 Å². The van der Waals surface area contributed by atoms with E-state index >= 15 is 0 Å². The summed E-state index contributed by atoms with van der Waals surface area (Å²) < 4.78 is 10.8. The second-order valence-electron chi connectivity index (χ2n) is 6.42. The van der Waals surface area contributed by atoms with Crippen LogP contribution in [0.3, 0.4) is 0 Å². The number of hydrogen-bond donors (Lipinski definition) is 0. The fraction of sp³-hybridized carbons (Fsp3) is 0.471. The second kappa shape index (κ2) is 6.59. The third-order valence-electron chi connectivity index (χ3n) is 4.72. The van der Waals surface area contributed by atoms with E-state index in [2.05, 4.69) is 10.1 Å². The van der Waals surface area contributed by atoms with Gasteiger partial charge >= 0.3 is 0 Å². The summed E-state index contributed by atoms with van der Waals surface area (Å²) in [6.45, 7) is 3.16. The molecule has 0 unspecified atom stereocenters. The number of nitrogens with zero attached hydrogens (tertiary/aromatic N) is 3. The minimum absolute atomic E-state index is 0.0538. The van der Waals surface area contributed by atoms with Crippen LogP contribution in [0.4, 0.5) is 0 Å². The predicted molar refractivity (Wildman–Crippen MR) is 91.6 cm³/mol. The van der Waals surface area contributed by atoms with Crippen molar-refractivity contribution in [1.82, 2.24) is 15.0 Å². The Morgan fingerprint density at radius 2 is 2.16 bits per heavy atom. The molecule has 8 heteroatoms. The Bertz CT molecular complexity index is 810. The Morgan fingerprint density at radius 1 is 1.32 bits per heavy atom. The van der Waals surface area contributed by atoms with Crippen LogP contribution in [0.5, 0.6) is 0 Å². The maximum Gasteiger partial charge on any atom is 0.251 e. The number of benzene rings is 1. The quantitative estimate of drug-likeness (QED) is 0.814. The number of carbonyl (C=O) groups excluding carboxylic acids is 1. The van der Waals surface area contributed by atoms with Gasteiger partial charge in [0, 0.05) is 12.5 Å². The van der Waals surface area contributed by atoms with Gasteiger partial charge in [-0.05, 0) is 37.0 Å². The normalized spacial score (nSPS) is 25.9. The first-order valence-electron chi connectivity index (χ1n) is 8.18. The molecule has 0 spiro atoms. The van der Waals surface area contributed by atoms with Crippen molar-refractivity contribution in [2.45, 2.75) is 25.3 Å². The molecule has 132 valence electrons. The van der Waals surface area contributed by atoms with Gasteiger partial charge in [0.1, 0.15) is 6.04 Å². The number of ether oxygens (including phenoxy) is 1. The molecule has 2 fully saturated rings. The summed E-state index contributed by atoms with van der Waals surface area (Å²) in [5.74, 6) is 1.20. The molecule has 0 N–H and O–H groups in total. The Hall–Kier alpha value is -1.63. The molecule has 4 rings (SSSR count).